The number of nitrogens with zero attached hydrogens (tertiary/aromatic N) is 1. The molecule has 0 heterocycles. The van der Waals surface area contributed by atoms with E-state index in [1.54, 1.807) is 13.2 Å². The Morgan fingerprint density at radius 1 is 1.36 bits per heavy atom. The Morgan fingerprint density at radius 2 is 2.07 bits per heavy atom. The summed E-state index contributed by atoms with van der Waals surface area (Å²) in [5.74, 6) is 1.33. The summed E-state index contributed by atoms with van der Waals surface area (Å²) in [5, 5.41) is 8.85. The first-order chi connectivity index (χ1) is 6.72. The molecule has 14 heavy (non-hydrogen) atoms. The Hall–Kier alpha value is -1.69. The summed E-state index contributed by atoms with van der Waals surface area (Å²) < 4.78 is 10.4. The molecule has 0 spiro atoms. The summed E-state index contributed by atoms with van der Waals surface area (Å²) in [5.41, 5.74) is 1.48. The highest BCUT2D eigenvalue weighted by molar-refractivity contribution is 5.51. The summed E-state index contributed by atoms with van der Waals surface area (Å²) in [4.78, 5) is 0. The maximum Gasteiger partial charge on any atom is 0.137 e. The topological polar surface area (TPSA) is 42.2 Å². The predicted molar refractivity (Wildman–Crippen MR) is 53.6 cm³/mol. The highest BCUT2D eigenvalue weighted by Gasteiger charge is 2.07. The molecule has 0 unspecified atom stereocenters. The van der Waals surface area contributed by atoms with Crippen molar-refractivity contribution in [2.75, 3.05) is 13.7 Å². The lowest BCUT2D eigenvalue weighted by Gasteiger charge is -2.09. The van der Waals surface area contributed by atoms with Crippen LogP contribution in [0.5, 0.6) is 11.5 Å². The lowest BCUT2D eigenvalue weighted by molar-refractivity contribution is 0.336. The van der Waals surface area contributed by atoms with Gasteiger partial charge in [-0.2, -0.15) is 5.26 Å². The number of methoxy groups -OCH3 is 1. The van der Waals surface area contributed by atoms with Crippen LogP contribution in [0.2, 0.25) is 0 Å². The minimum Gasteiger partial charge on any atom is -0.495 e. The molecule has 0 bridgehead atoms. The van der Waals surface area contributed by atoms with E-state index in [1.807, 2.05) is 19.9 Å². The second-order valence-electron chi connectivity index (χ2n) is 2.86. The van der Waals surface area contributed by atoms with Crippen LogP contribution in [-0.2, 0) is 0 Å². The Morgan fingerprint density at radius 3 is 2.57 bits per heavy atom. The molecule has 0 aromatic heterocycles. The van der Waals surface area contributed by atoms with E-state index in [9.17, 15) is 0 Å². The smallest absolute Gasteiger partial charge is 0.137 e. The molecule has 0 atom stereocenters. The van der Waals surface area contributed by atoms with E-state index in [1.165, 1.54) is 0 Å². The third kappa shape index (κ3) is 1.97. The number of ether oxygens (including phenoxy) is 2. The highest BCUT2D eigenvalue weighted by Crippen LogP contribution is 2.27. The number of hydrogen-bond acceptors (Lipinski definition) is 3. The highest BCUT2D eigenvalue weighted by atomic mass is 16.5. The molecular formula is C11H13NO2. The van der Waals surface area contributed by atoms with Gasteiger partial charge in [0.15, 0.2) is 0 Å². The zero-order valence-corrected chi connectivity index (χ0v) is 8.63. The standard InChI is InChI=1S/C11H13NO2/c1-4-14-10-6-9(7-12)11(13-3)5-8(10)2/h5-6H,4H2,1-3H3. The van der Waals surface area contributed by atoms with Crippen LogP contribution < -0.4 is 9.47 Å². The first kappa shape index (κ1) is 10.4. The maximum absolute atomic E-state index is 8.85. The normalized spacial score (nSPS) is 9.29. The van der Waals surface area contributed by atoms with Crippen molar-refractivity contribution in [2.24, 2.45) is 0 Å². The zero-order chi connectivity index (χ0) is 10.6. The van der Waals surface area contributed by atoms with E-state index in [2.05, 4.69) is 6.07 Å². The molecule has 0 aliphatic carbocycles. The van der Waals surface area contributed by atoms with Crippen molar-refractivity contribution in [3.05, 3.63) is 23.3 Å². The summed E-state index contributed by atoms with van der Waals surface area (Å²) >= 11 is 0. The van der Waals surface area contributed by atoms with Crippen LogP contribution in [0.15, 0.2) is 12.1 Å². The second-order valence-corrected chi connectivity index (χ2v) is 2.86. The largest absolute Gasteiger partial charge is 0.495 e. The number of rotatable bonds is 3. The molecule has 0 saturated heterocycles. The van der Waals surface area contributed by atoms with E-state index in [0.717, 1.165) is 11.3 Å². The third-order valence-corrected chi connectivity index (χ3v) is 1.92. The van der Waals surface area contributed by atoms with Gasteiger partial charge in [-0.3, -0.25) is 0 Å². The van der Waals surface area contributed by atoms with Gasteiger partial charge in [0, 0.05) is 6.07 Å². The van der Waals surface area contributed by atoms with E-state index < -0.39 is 0 Å². The van der Waals surface area contributed by atoms with Crippen molar-refractivity contribution in [2.45, 2.75) is 13.8 Å². The number of aryl methyl sites for hydroxylation is 1. The summed E-state index contributed by atoms with van der Waals surface area (Å²) in [6.45, 7) is 4.43. The first-order valence-electron chi connectivity index (χ1n) is 4.44. The average molecular weight is 191 g/mol. The van der Waals surface area contributed by atoms with Gasteiger partial charge in [0.2, 0.25) is 0 Å². The molecule has 3 nitrogen and oxygen atoms in total. The molecule has 1 aromatic carbocycles. The maximum atomic E-state index is 8.85. The molecule has 0 radical (unpaired) electrons. The van der Waals surface area contributed by atoms with Crippen molar-refractivity contribution >= 4 is 0 Å². The van der Waals surface area contributed by atoms with Gasteiger partial charge < -0.3 is 9.47 Å². The van der Waals surface area contributed by atoms with Crippen LogP contribution >= 0.6 is 0 Å². The van der Waals surface area contributed by atoms with Gasteiger partial charge in [0.1, 0.15) is 17.6 Å². The lowest BCUT2D eigenvalue weighted by atomic mass is 10.1. The van der Waals surface area contributed by atoms with Crippen molar-refractivity contribution in [3.63, 3.8) is 0 Å². The van der Waals surface area contributed by atoms with Crippen LogP contribution in [0, 0.1) is 18.3 Å². The van der Waals surface area contributed by atoms with Crippen molar-refractivity contribution < 1.29 is 9.47 Å². The molecule has 0 amide bonds. The van der Waals surface area contributed by atoms with Gasteiger partial charge in [0.05, 0.1) is 19.3 Å². The molecule has 0 saturated carbocycles. The Labute approximate surface area is 83.9 Å². The fourth-order valence-corrected chi connectivity index (χ4v) is 1.23. The third-order valence-electron chi connectivity index (χ3n) is 1.92. The van der Waals surface area contributed by atoms with Crippen LogP contribution in [0.3, 0.4) is 0 Å². The molecule has 1 rings (SSSR count). The molecule has 0 fully saturated rings. The number of nitriles is 1. The Kier molecular flexibility index (Phi) is 3.35. The monoisotopic (exact) mass is 191 g/mol. The summed E-state index contributed by atoms with van der Waals surface area (Å²) in [6.07, 6.45) is 0. The van der Waals surface area contributed by atoms with E-state index in [-0.39, 0.29) is 0 Å². The predicted octanol–water partition coefficient (Wildman–Crippen LogP) is 2.27. The van der Waals surface area contributed by atoms with Gasteiger partial charge in [0.25, 0.3) is 0 Å². The Bertz CT molecular complexity index is 366. The van der Waals surface area contributed by atoms with Crippen molar-refractivity contribution in [1.82, 2.24) is 0 Å². The minimum atomic E-state index is 0.501. The van der Waals surface area contributed by atoms with Gasteiger partial charge >= 0.3 is 0 Å². The quantitative estimate of drug-likeness (QED) is 0.736. The molecular weight excluding hydrogens is 178 g/mol. The molecule has 0 N–H and O–H groups in total. The van der Waals surface area contributed by atoms with E-state index in [4.69, 9.17) is 14.7 Å². The fourth-order valence-electron chi connectivity index (χ4n) is 1.23. The molecule has 0 aliphatic heterocycles. The first-order valence-corrected chi connectivity index (χ1v) is 4.44. The molecule has 3 heteroatoms. The summed E-state index contributed by atoms with van der Waals surface area (Å²) in [6, 6.07) is 5.58. The molecule has 74 valence electrons. The Balaban J connectivity index is 3.18. The summed E-state index contributed by atoms with van der Waals surface area (Å²) in [7, 11) is 1.55. The van der Waals surface area contributed by atoms with Crippen molar-refractivity contribution in [1.29, 1.82) is 5.26 Å². The molecule has 0 aliphatic rings. The SMILES string of the molecule is CCOc1cc(C#N)c(OC)cc1C. The number of benzene rings is 1. The lowest BCUT2D eigenvalue weighted by Crippen LogP contribution is -1.96. The van der Waals surface area contributed by atoms with Gasteiger partial charge in [-0.25, -0.2) is 0 Å². The van der Waals surface area contributed by atoms with E-state index in [0.29, 0.717) is 17.9 Å². The van der Waals surface area contributed by atoms with Gasteiger partial charge in [-0.1, -0.05) is 0 Å². The van der Waals surface area contributed by atoms with Crippen LogP contribution in [0.25, 0.3) is 0 Å². The number of hydrogen-bond donors (Lipinski definition) is 0. The average Bonchev–Trinajstić information content (AvgIpc) is 2.20. The van der Waals surface area contributed by atoms with Crippen molar-refractivity contribution in [3.8, 4) is 17.6 Å². The van der Waals surface area contributed by atoms with E-state index >= 15 is 0 Å². The van der Waals surface area contributed by atoms with Crippen LogP contribution in [0.1, 0.15) is 18.1 Å². The zero-order valence-electron chi connectivity index (χ0n) is 8.63. The van der Waals surface area contributed by atoms with Crippen LogP contribution in [-0.4, -0.2) is 13.7 Å². The minimum absolute atomic E-state index is 0.501. The second kappa shape index (κ2) is 4.52. The fraction of sp³-hybridized carbons (Fsp3) is 0.364. The van der Waals surface area contributed by atoms with Gasteiger partial charge in [-0.15, -0.1) is 0 Å². The van der Waals surface area contributed by atoms with Crippen LogP contribution in [0.4, 0.5) is 0 Å². The van der Waals surface area contributed by atoms with Gasteiger partial charge in [-0.05, 0) is 25.5 Å². The molecule has 1 aromatic rings.